The highest BCUT2D eigenvalue weighted by Crippen LogP contribution is 2.26. The summed E-state index contributed by atoms with van der Waals surface area (Å²) in [6.07, 6.45) is 1.69. The second-order valence-corrected chi connectivity index (χ2v) is 3.83. The highest BCUT2D eigenvalue weighted by atomic mass is 35.5. The molecule has 4 nitrogen and oxygen atoms in total. The van der Waals surface area contributed by atoms with E-state index in [1.54, 1.807) is 12.3 Å². The van der Waals surface area contributed by atoms with E-state index < -0.39 is 0 Å². The fraction of sp³-hybridized carbons (Fsp3) is 0. The maximum atomic E-state index is 6.09. The summed E-state index contributed by atoms with van der Waals surface area (Å²) in [6, 6.07) is 11.2. The third-order valence-electron chi connectivity index (χ3n) is 2.35. The lowest BCUT2D eigenvalue weighted by Crippen LogP contribution is -2.16. The van der Waals surface area contributed by atoms with Crippen LogP contribution in [-0.2, 0) is 0 Å². The topological polar surface area (TPSA) is 77.3 Å². The summed E-state index contributed by atoms with van der Waals surface area (Å²) in [4.78, 5) is 4.17. The van der Waals surface area contributed by atoms with Gasteiger partial charge in [-0.15, -0.1) is 0 Å². The summed E-state index contributed by atoms with van der Waals surface area (Å²) in [6.45, 7) is 0. The average Bonchev–Trinajstić information content (AvgIpc) is 2.39. The van der Waals surface area contributed by atoms with Crippen LogP contribution >= 0.6 is 11.6 Å². The maximum absolute atomic E-state index is 6.09. The van der Waals surface area contributed by atoms with Crippen molar-refractivity contribution >= 4 is 17.4 Å². The van der Waals surface area contributed by atoms with Crippen molar-refractivity contribution in [2.45, 2.75) is 0 Å². The Bertz CT molecular complexity index is 549. The van der Waals surface area contributed by atoms with E-state index in [-0.39, 0.29) is 5.84 Å². The molecule has 1 heterocycles. The molecule has 0 atom stereocenters. The van der Waals surface area contributed by atoms with Crippen LogP contribution in [0.5, 0.6) is 0 Å². The minimum atomic E-state index is 0.204. The van der Waals surface area contributed by atoms with Crippen molar-refractivity contribution in [3.8, 4) is 11.1 Å². The molecule has 86 valence electrons. The van der Waals surface area contributed by atoms with Crippen molar-refractivity contribution in [2.24, 2.45) is 16.7 Å². The number of hydrogen-bond donors (Lipinski definition) is 2. The number of rotatable bonds is 2. The molecule has 4 N–H and O–H groups in total. The SMILES string of the molecule is NN=C(N)c1ccc(-c2ccccc2Cl)cn1. The van der Waals surface area contributed by atoms with Gasteiger partial charge in [-0.2, -0.15) is 5.10 Å². The van der Waals surface area contributed by atoms with Gasteiger partial charge in [-0.1, -0.05) is 35.9 Å². The number of aromatic nitrogens is 1. The molecule has 0 aliphatic carbocycles. The van der Waals surface area contributed by atoms with E-state index in [0.717, 1.165) is 11.1 Å². The Morgan fingerprint density at radius 1 is 1.18 bits per heavy atom. The van der Waals surface area contributed by atoms with Crippen LogP contribution in [0.1, 0.15) is 5.69 Å². The molecule has 0 fully saturated rings. The maximum Gasteiger partial charge on any atom is 0.168 e. The molecule has 0 bridgehead atoms. The number of hydrazone groups is 1. The largest absolute Gasteiger partial charge is 0.380 e. The summed E-state index contributed by atoms with van der Waals surface area (Å²) in [7, 11) is 0. The van der Waals surface area contributed by atoms with Gasteiger partial charge in [0.2, 0.25) is 0 Å². The fourth-order valence-electron chi connectivity index (χ4n) is 1.47. The molecule has 2 rings (SSSR count). The van der Waals surface area contributed by atoms with Crippen molar-refractivity contribution in [3.63, 3.8) is 0 Å². The van der Waals surface area contributed by atoms with Crippen LogP contribution in [0.25, 0.3) is 11.1 Å². The molecule has 0 amide bonds. The number of amidine groups is 1. The summed E-state index contributed by atoms with van der Waals surface area (Å²) >= 11 is 6.09. The Hall–Kier alpha value is -2.07. The fourth-order valence-corrected chi connectivity index (χ4v) is 1.71. The Morgan fingerprint density at radius 2 is 1.94 bits per heavy atom. The van der Waals surface area contributed by atoms with Gasteiger partial charge in [-0.25, -0.2) is 0 Å². The molecule has 0 saturated heterocycles. The first-order chi connectivity index (χ1) is 8.22. The quantitative estimate of drug-likeness (QED) is 0.368. The summed E-state index contributed by atoms with van der Waals surface area (Å²) < 4.78 is 0. The molecule has 0 unspecified atom stereocenters. The summed E-state index contributed by atoms with van der Waals surface area (Å²) in [5, 5.41) is 4.07. The number of hydrogen-bond acceptors (Lipinski definition) is 3. The van der Waals surface area contributed by atoms with E-state index in [1.165, 1.54) is 0 Å². The van der Waals surface area contributed by atoms with Crippen LogP contribution in [0.4, 0.5) is 0 Å². The molecule has 17 heavy (non-hydrogen) atoms. The molecule has 1 aromatic heterocycles. The first-order valence-electron chi connectivity index (χ1n) is 4.97. The second kappa shape index (κ2) is 4.84. The second-order valence-electron chi connectivity index (χ2n) is 3.43. The number of nitrogens with two attached hydrogens (primary N) is 2. The zero-order valence-corrected chi connectivity index (χ0v) is 9.72. The molecule has 1 aromatic carbocycles. The van der Waals surface area contributed by atoms with Gasteiger partial charge in [0, 0.05) is 22.3 Å². The van der Waals surface area contributed by atoms with E-state index in [1.807, 2.05) is 30.3 Å². The number of benzene rings is 1. The van der Waals surface area contributed by atoms with Gasteiger partial charge >= 0.3 is 0 Å². The van der Waals surface area contributed by atoms with E-state index in [2.05, 4.69) is 10.1 Å². The van der Waals surface area contributed by atoms with Crippen LogP contribution < -0.4 is 11.6 Å². The molecule has 0 radical (unpaired) electrons. The summed E-state index contributed by atoms with van der Waals surface area (Å²) in [5.74, 6) is 5.28. The third kappa shape index (κ3) is 2.37. The van der Waals surface area contributed by atoms with Crippen LogP contribution in [0.15, 0.2) is 47.7 Å². The number of pyridine rings is 1. The van der Waals surface area contributed by atoms with Gasteiger partial charge in [0.05, 0.1) is 0 Å². The molecule has 5 heteroatoms. The Balaban J connectivity index is 2.40. The van der Waals surface area contributed by atoms with Crippen molar-refractivity contribution in [3.05, 3.63) is 53.3 Å². The van der Waals surface area contributed by atoms with Crippen molar-refractivity contribution in [1.82, 2.24) is 4.98 Å². The summed E-state index contributed by atoms with van der Waals surface area (Å²) in [5.41, 5.74) is 7.94. The van der Waals surface area contributed by atoms with E-state index >= 15 is 0 Å². The van der Waals surface area contributed by atoms with Gasteiger partial charge in [0.15, 0.2) is 5.84 Å². The zero-order valence-electron chi connectivity index (χ0n) is 8.97. The van der Waals surface area contributed by atoms with Gasteiger partial charge in [-0.05, 0) is 12.1 Å². The number of nitrogens with zero attached hydrogens (tertiary/aromatic N) is 2. The van der Waals surface area contributed by atoms with Gasteiger partial charge in [0.25, 0.3) is 0 Å². The smallest absolute Gasteiger partial charge is 0.168 e. The third-order valence-corrected chi connectivity index (χ3v) is 2.68. The Kier molecular flexibility index (Phi) is 3.25. The van der Waals surface area contributed by atoms with Gasteiger partial charge < -0.3 is 11.6 Å². The molecular weight excluding hydrogens is 236 g/mol. The molecule has 0 saturated carbocycles. The standard InChI is InChI=1S/C12H11ClN4/c13-10-4-2-1-3-9(10)8-5-6-11(16-7-8)12(14)17-15/h1-7H,15H2,(H2,14,17). The van der Waals surface area contributed by atoms with Crippen molar-refractivity contribution < 1.29 is 0 Å². The van der Waals surface area contributed by atoms with Gasteiger partial charge in [-0.3, -0.25) is 4.98 Å². The lowest BCUT2D eigenvalue weighted by Gasteiger charge is -2.04. The molecule has 2 aromatic rings. The first kappa shape index (κ1) is 11.4. The predicted octanol–water partition coefficient (Wildman–Crippen LogP) is 1.98. The highest BCUT2D eigenvalue weighted by molar-refractivity contribution is 6.33. The Labute approximate surface area is 104 Å². The lowest BCUT2D eigenvalue weighted by molar-refractivity contribution is 1.19. The lowest BCUT2D eigenvalue weighted by atomic mass is 10.1. The van der Waals surface area contributed by atoms with E-state index in [0.29, 0.717) is 10.7 Å². The molecular formula is C12H11ClN4. The predicted molar refractivity (Wildman–Crippen MR) is 69.6 cm³/mol. The van der Waals surface area contributed by atoms with Crippen molar-refractivity contribution in [1.29, 1.82) is 0 Å². The van der Waals surface area contributed by atoms with Crippen LogP contribution in [-0.4, -0.2) is 10.8 Å². The van der Waals surface area contributed by atoms with E-state index in [9.17, 15) is 0 Å². The van der Waals surface area contributed by atoms with Crippen LogP contribution in [0.3, 0.4) is 0 Å². The normalized spacial score (nSPS) is 11.5. The van der Waals surface area contributed by atoms with E-state index in [4.69, 9.17) is 23.2 Å². The Morgan fingerprint density at radius 3 is 2.53 bits per heavy atom. The minimum Gasteiger partial charge on any atom is -0.380 e. The van der Waals surface area contributed by atoms with Crippen LogP contribution in [0.2, 0.25) is 5.02 Å². The highest BCUT2D eigenvalue weighted by Gasteiger charge is 2.04. The first-order valence-corrected chi connectivity index (χ1v) is 5.35. The van der Waals surface area contributed by atoms with Crippen molar-refractivity contribution in [2.75, 3.05) is 0 Å². The monoisotopic (exact) mass is 246 g/mol. The zero-order chi connectivity index (χ0) is 12.3. The molecule has 0 aliphatic heterocycles. The van der Waals surface area contributed by atoms with Gasteiger partial charge in [0.1, 0.15) is 5.69 Å². The molecule has 0 aliphatic rings. The number of halogens is 1. The van der Waals surface area contributed by atoms with Crippen LogP contribution in [0, 0.1) is 0 Å². The minimum absolute atomic E-state index is 0.204. The average molecular weight is 247 g/mol. The molecule has 0 spiro atoms.